The van der Waals surface area contributed by atoms with Crippen LogP contribution in [0.4, 0.5) is 0 Å². The quantitative estimate of drug-likeness (QED) is 0.803. The molecule has 0 spiro atoms. The Morgan fingerprint density at radius 2 is 2.17 bits per heavy atom. The molecular formula is C13H22N4O. The number of hydrogen-bond acceptors (Lipinski definition) is 4. The Kier molecular flexibility index (Phi) is 3.61. The monoisotopic (exact) mass is 250 g/mol. The lowest BCUT2D eigenvalue weighted by molar-refractivity contribution is 0.151. The van der Waals surface area contributed by atoms with E-state index in [1.54, 1.807) is 6.33 Å². The summed E-state index contributed by atoms with van der Waals surface area (Å²) in [6, 6.07) is 0. The standard InChI is InChI=1S/C13H22N4O/c1-16-10-14-15-13(16)12-2-5-17(6-3-12)8-11-4-7-18-9-11/h10-12H,2-9H2,1H3/t11-/m1/s1. The van der Waals surface area contributed by atoms with Gasteiger partial charge in [0, 0.05) is 26.1 Å². The topological polar surface area (TPSA) is 43.2 Å². The van der Waals surface area contributed by atoms with Crippen LogP contribution in [0, 0.1) is 5.92 Å². The summed E-state index contributed by atoms with van der Waals surface area (Å²) in [5.41, 5.74) is 0. The second-order valence-electron chi connectivity index (χ2n) is 5.60. The van der Waals surface area contributed by atoms with Gasteiger partial charge in [-0.2, -0.15) is 0 Å². The van der Waals surface area contributed by atoms with E-state index >= 15 is 0 Å². The molecule has 5 heteroatoms. The van der Waals surface area contributed by atoms with Gasteiger partial charge in [-0.3, -0.25) is 0 Å². The first kappa shape index (κ1) is 12.1. The van der Waals surface area contributed by atoms with Crippen molar-refractivity contribution in [3.8, 4) is 0 Å². The van der Waals surface area contributed by atoms with Crippen molar-refractivity contribution in [3.05, 3.63) is 12.2 Å². The van der Waals surface area contributed by atoms with Crippen LogP contribution in [-0.4, -0.2) is 52.5 Å². The summed E-state index contributed by atoms with van der Waals surface area (Å²) < 4.78 is 7.51. The molecule has 2 fully saturated rings. The van der Waals surface area contributed by atoms with Crippen LogP contribution in [0.25, 0.3) is 0 Å². The fourth-order valence-electron chi connectivity index (χ4n) is 3.13. The molecule has 1 aromatic heterocycles. The summed E-state index contributed by atoms with van der Waals surface area (Å²) in [6.45, 7) is 5.51. The van der Waals surface area contributed by atoms with E-state index in [1.165, 1.54) is 38.9 Å². The third-order valence-corrected chi connectivity index (χ3v) is 4.24. The Labute approximate surface area is 108 Å². The first-order valence-electron chi connectivity index (χ1n) is 6.97. The number of piperidine rings is 1. The van der Waals surface area contributed by atoms with Gasteiger partial charge in [-0.1, -0.05) is 0 Å². The Bertz CT molecular complexity index is 378. The lowest BCUT2D eigenvalue weighted by atomic mass is 9.95. The van der Waals surface area contributed by atoms with Crippen LogP contribution < -0.4 is 0 Å². The highest BCUT2D eigenvalue weighted by Gasteiger charge is 2.26. The summed E-state index contributed by atoms with van der Waals surface area (Å²) in [5, 5.41) is 8.22. The van der Waals surface area contributed by atoms with Crippen LogP contribution >= 0.6 is 0 Å². The number of aromatic nitrogens is 3. The lowest BCUT2D eigenvalue weighted by Crippen LogP contribution is -2.37. The SMILES string of the molecule is Cn1cnnc1C1CCN(C[C@H]2CCOC2)CC1. The summed E-state index contributed by atoms with van der Waals surface area (Å²) in [7, 11) is 2.04. The summed E-state index contributed by atoms with van der Waals surface area (Å²) >= 11 is 0. The summed E-state index contributed by atoms with van der Waals surface area (Å²) in [6.07, 6.45) is 5.46. The molecule has 2 saturated heterocycles. The van der Waals surface area contributed by atoms with E-state index in [1.807, 2.05) is 7.05 Å². The van der Waals surface area contributed by atoms with Crippen molar-refractivity contribution >= 4 is 0 Å². The van der Waals surface area contributed by atoms with Crippen molar-refractivity contribution in [1.29, 1.82) is 0 Å². The van der Waals surface area contributed by atoms with Gasteiger partial charge in [-0.25, -0.2) is 0 Å². The van der Waals surface area contributed by atoms with Crippen molar-refractivity contribution in [2.45, 2.75) is 25.2 Å². The smallest absolute Gasteiger partial charge is 0.135 e. The van der Waals surface area contributed by atoms with E-state index < -0.39 is 0 Å². The van der Waals surface area contributed by atoms with Gasteiger partial charge in [0.25, 0.3) is 0 Å². The number of likely N-dealkylation sites (tertiary alicyclic amines) is 1. The second-order valence-corrected chi connectivity index (χ2v) is 5.60. The van der Waals surface area contributed by atoms with Gasteiger partial charge in [0.2, 0.25) is 0 Å². The second kappa shape index (κ2) is 5.36. The molecule has 1 atom stereocenters. The lowest BCUT2D eigenvalue weighted by Gasteiger charge is -2.32. The Hall–Kier alpha value is -0.940. The van der Waals surface area contributed by atoms with Crippen molar-refractivity contribution < 1.29 is 4.74 Å². The van der Waals surface area contributed by atoms with Gasteiger partial charge in [-0.05, 0) is 38.3 Å². The van der Waals surface area contributed by atoms with Crippen molar-refractivity contribution in [3.63, 3.8) is 0 Å². The van der Waals surface area contributed by atoms with Gasteiger partial charge >= 0.3 is 0 Å². The largest absolute Gasteiger partial charge is 0.381 e. The number of nitrogens with zero attached hydrogens (tertiary/aromatic N) is 4. The van der Waals surface area contributed by atoms with E-state index in [9.17, 15) is 0 Å². The highest BCUT2D eigenvalue weighted by molar-refractivity contribution is 4.98. The van der Waals surface area contributed by atoms with Crippen LogP contribution in [0.15, 0.2) is 6.33 Å². The van der Waals surface area contributed by atoms with Crippen molar-refractivity contribution in [2.75, 3.05) is 32.8 Å². The average Bonchev–Trinajstić information content (AvgIpc) is 3.02. The van der Waals surface area contributed by atoms with E-state index in [2.05, 4.69) is 19.7 Å². The molecule has 100 valence electrons. The third kappa shape index (κ3) is 2.57. The van der Waals surface area contributed by atoms with Gasteiger partial charge < -0.3 is 14.2 Å². The fraction of sp³-hybridized carbons (Fsp3) is 0.846. The molecule has 5 nitrogen and oxygen atoms in total. The van der Waals surface area contributed by atoms with Gasteiger partial charge in [0.15, 0.2) is 0 Å². The summed E-state index contributed by atoms with van der Waals surface area (Å²) in [5.74, 6) is 2.50. The Morgan fingerprint density at radius 1 is 1.33 bits per heavy atom. The maximum atomic E-state index is 5.45. The molecule has 0 aromatic carbocycles. The van der Waals surface area contributed by atoms with E-state index in [-0.39, 0.29) is 0 Å². The zero-order valence-electron chi connectivity index (χ0n) is 11.1. The Balaban J connectivity index is 1.50. The van der Waals surface area contributed by atoms with Crippen molar-refractivity contribution in [2.24, 2.45) is 13.0 Å². The van der Waals surface area contributed by atoms with Crippen LogP contribution in [-0.2, 0) is 11.8 Å². The van der Waals surface area contributed by atoms with Crippen LogP contribution in [0.1, 0.15) is 31.0 Å². The molecule has 0 bridgehead atoms. The number of aryl methyl sites for hydroxylation is 1. The zero-order valence-corrected chi connectivity index (χ0v) is 11.1. The molecule has 0 N–H and O–H groups in total. The minimum Gasteiger partial charge on any atom is -0.381 e. The predicted molar refractivity (Wildman–Crippen MR) is 68.3 cm³/mol. The molecule has 0 amide bonds. The normalized spacial score (nSPS) is 26.8. The predicted octanol–water partition coefficient (Wildman–Crippen LogP) is 1.03. The minimum atomic E-state index is 0.591. The van der Waals surface area contributed by atoms with Crippen LogP contribution in [0.5, 0.6) is 0 Å². The molecule has 1 aromatic rings. The molecule has 0 saturated carbocycles. The zero-order chi connectivity index (χ0) is 12.4. The minimum absolute atomic E-state index is 0.591. The van der Waals surface area contributed by atoms with E-state index in [0.717, 1.165) is 25.0 Å². The third-order valence-electron chi connectivity index (χ3n) is 4.24. The molecule has 0 radical (unpaired) electrons. The number of ether oxygens (including phenoxy) is 1. The van der Waals surface area contributed by atoms with E-state index in [0.29, 0.717) is 5.92 Å². The number of hydrogen-bond donors (Lipinski definition) is 0. The van der Waals surface area contributed by atoms with Crippen LogP contribution in [0.3, 0.4) is 0 Å². The molecular weight excluding hydrogens is 228 g/mol. The first-order valence-corrected chi connectivity index (χ1v) is 6.97. The fourth-order valence-corrected chi connectivity index (χ4v) is 3.13. The molecule has 3 rings (SSSR count). The summed E-state index contributed by atoms with van der Waals surface area (Å²) in [4.78, 5) is 2.59. The molecule has 0 unspecified atom stereocenters. The molecule has 0 aliphatic carbocycles. The van der Waals surface area contributed by atoms with Gasteiger partial charge in [-0.15, -0.1) is 10.2 Å². The first-order chi connectivity index (χ1) is 8.83. The highest BCUT2D eigenvalue weighted by Crippen LogP contribution is 2.27. The average molecular weight is 250 g/mol. The number of rotatable bonds is 3. The highest BCUT2D eigenvalue weighted by atomic mass is 16.5. The van der Waals surface area contributed by atoms with Gasteiger partial charge in [0.1, 0.15) is 12.2 Å². The Morgan fingerprint density at radius 3 is 2.78 bits per heavy atom. The molecule has 18 heavy (non-hydrogen) atoms. The van der Waals surface area contributed by atoms with Crippen molar-refractivity contribution in [1.82, 2.24) is 19.7 Å². The maximum absolute atomic E-state index is 5.45. The molecule has 2 aliphatic rings. The molecule has 2 aliphatic heterocycles. The van der Waals surface area contributed by atoms with E-state index in [4.69, 9.17) is 4.74 Å². The maximum Gasteiger partial charge on any atom is 0.135 e. The van der Waals surface area contributed by atoms with Crippen LogP contribution in [0.2, 0.25) is 0 Å². The molecule has 3 heterocycles. The van der Waals surface area contributed by atoms with Gasteiger partial charge in [0.05, 0.1) is 6.61 Å².